The van der Waals surface area contributed by atoms with Crippen molar-refractivity contribution < 1.29 is 34.6 Å². The summed E-state index contributed by atoms with van der Waals surface area (Å²) >= 11 is 0. The number of hydrogen-bond acceptors (Lipinski definition) is 7. The molecule has 2 heterocycles. The molecule has 0 aliphatic carbocycles. The number of nitrogens with two attached hydrogens (primary N) is 1. The number of anilines is 1. The predicted octanol–water partition coefficient (Wildman–Crippen LogP) is 0.385. The molecule has 2 N–H and O–H groups in total. The van der Waals surface area contributed by atoms with Crippen LogP contribution < -0.4 is 5.73 Å². The SMILES string of the molecule is Nc1ccnc(-c2ccccn2)c1.O=S(=O)([O-])[O-].[Fe+2]. The first-order valence-corrected chi connectivity index (χ1v) is 5.99. The minimum atomic E-state index is -5.17. The zero-order valence-electron chi connectivity index (χ0n) is 9.41. The van der Waals surface area contributed by atoms with Crippen LogP contribution in [0.25, 0.3) is 11.4 Å². The van der Waals surface area contributed by atoms with Gasteiger partial charge in [0.25, 0.3) is 0 Å². The Morgan fingerprint density at radius 1 is 1.00 bits per heavy atom. The number of nitrogen functional groups attached to an aromatic ring is 1. The average Bonchev–Trinajstić information content (AvgIpc) is 2.28. The van der Waals surface area contributed by atoms with E-state index >= 15 is 0 Å². The zero-order valence-corrected chi connectivity index (χ0v) is 11.3. The molecule has 0 aliphatic rings. The van der Waals surface area contributed by atoms with Crippen molar-refractivity contribution in [1.29, 1.82) is 0 Å². The minimum Gasteiger partial charge on any atom is -0.759 e. The molecule has 2 rings (SSSR count). The fraction of sp³-hybridized carbons (Fsp3) is 0. The van der Waals surface area contributed by atoms with Crippen LogP contribution in [-0.2, 0) is 27.5 Å². The van der Waals surface area contributed by atoms with E-state index in [2.05, 4.69) is 9.97 Å². The van der Waals surface area contributed by atoms with Gasteiger partial charge in [-0.2, -0.15) is 0 Å². The first kappa shape index (κ1) is 17.5. The predicted molar refractivity (Wildman–Crippen MR) is 62.4 cm³/mol. The molecule has 0 spiro atoms. The van der Waals surface area contributed by atoms with Crippen molar-refractivity contribution in [3.63, 3.8) is 0 Å². The van der Waals surface area contributed by atoms with Crippen LogP contribution in [0.5, 0.6) is 0 Å². The van der Waals surface area contributed by atoms with Crippen LogP contribution >= 0.6 is 0 Å². The summed E-state index contributed by atoms with van der Waals surface area (Å²) in [5.41, 5.74) is 7.98. The molecule has 7 nitrogen and oxygen atoms in total. The van der Waals surface area contributed by atoms with Crippen LogP contribution in [-0.4, -0.2) is 27.5 Å². The molecule has 0 radical (unpaired) electrons. The van der Waals surface area contributed by atoms with Crippen LogP contribution in [0.2, 0.25) is 0 Å². The van der Waals surface area contributed by atoms with Crippen LogP contribution in [0.4, 0.5) is 5.69 Å². The van der Waals surface area contributed by atoms with Crippen molar-refractivity contribution in [2.75, 3.05) is 5.73 Å². The second kappa shape index (κ2) is 7.82. The van der Waals surface area contributed by atoms with Crippen molar-refractivity contribution >= 4 is 16.1 Å². The van der Waals surface area contributed by atoms with Gasteiger partial charge in [-0.15, -0.1) is 0 Å². The molecular weight excluding hydrogens is 314 g/mol. The topological polar surface area (TPSA) is 132 Å². The second-order valence-corrected chi connectivity index (χ2v) is 3.91. The summed E-state index contributed by atoms with van der Waals surface area (Å²) in [6.45, 7) is 0. The summed E-state index contributed by atoms with van der Waals surface area (Å²) < 4.78 is 34.1. The van der Waals surface area contributed by atoms with Gasteiger partial charge in [-0.25, -0.2) is 0 Å². The van der Waals surface area contributed by atoms with Gasteiger partial charge >= 0.3 is 17.1 Å². The Hall–Kier alpha value is -1.51. The van der Waals surface area contributed by atoms with Gasteiger partial charge in [-0.3, -0.25) is 18.4 Å². The second-order valence-electron chi connectivity index (χ2n) is 3.10. The van der Waals surface area contributed by atoms with Crippen LogP contribution in [0.1, 0.15) is 0 Å². The number of hydrogen-bond donors (Lipinski definition) is 1. The Morgan fingerprint density at radius 3 is 2.05 bits per heavy atom. The summed E-state index contributed by atoms with van der Waals surface area (Å²) in [6, 6.07) is 9.26. The maximum Gasteiger partial charge on any atom is 2.00 e. The van der Waals surface area contributed by atoms with Crippen molar-refractivity contribution in [2.24, 2.45) is 0 Å². The van der Waals surface area contributed by atoms with E-state index in [9.17, 15) is 0 Å². The first-order chi connectivity index (χ1) is 8.36. The maximum absolute atomic E-state index is 8.52. The molecule has 9 heteroatoms. The number of rotatable bonds is 1. The molecule has 0 saturated carbocycles. The van der Waals surface area contributed by atoms with Gasteiger partial charge < -0.3 is 14.8 Å². The molecule has 102 valence electrons. The molecule has 0 bridgehead atoms. The summed E-state index contributed by atoms with van der Waals surface area (Å²) in [5.74, 6) is 0. The molecule has 0 unspecified atom stereocenters. The van der Waals surface area contributed by atoms with Crippen molar-refractivity contribution in [1.82, 2.24) is 9.97 Å². The van der Waals surface area contributed by atoms with Crippen molar-refractivity contribution in [2.45, 2.75) is 0 Å². The van der Waals surface area contributed by atoms with E-state index in [0.29, 0.717) is 5.69 Å². The van der Waals surface area contributed by atoms with Gasteiger partial charge in [-0.05, 0) is 24.3 Å². The summed E-state index contributed by atoms with van der Waals surface area (Å²) in [7, 11) is -5.17. The normalized spacial score (nSPS) is 9.79. The number of aromatic nitrogens is 2. The van der Waals surface area contributed by atoms with Gasteiger partial charge in [0.2, 0.25) is 0 Å². The molecule has 0 atom stereocenters. The van der Waals surface area contributed by atoms with Crippen LogP contribution in [0.15, 0.2) is 42.7 Å². The van der Waals surface area contributed by atoms with Gasteiger partial charge in [0.05, 0.1) is 11.4 Å². The standard InChI is InChI=1S/C10H9N3.Fe.H2O4S/c11-8-4-6-13-10(7-8)9-3-1-2-5-12-9;;1-5(2,3)4/h1-7H,(H2,11,13);;(H2,1,2,3,4)/q;+2;/p-2. The molecule has 2 aromatic heterocycles. The molecule has 0 aromatic carbocycles. The number of nitrogens with zero attached hydrogens (tertiary/aromatic N) is 2. The summed E-state index contributed by atoms with van der Waals surface area (Å²) in [6.07, 6.45) is 3.42. The Balaban J connectivity index is 0.000000471. The van der Waals surface area contributed by atoms with E-state index in [-0.39, 0.29) is 17.1 Å². The Labute approximate surface area is 121 Å². The van der Waals surface area contributed by atoms with Gasteiger partial charge in [0.1, 0.15) is 0 Å². The van der Waals surface area contributed by atoms with Gasteiger partial charge in [-0.1, -0.05) is 6.07 Å². The third-order valence-corrected chi connectivity index (χ3v) is 1.71. The minimum absolute atomic E-state index is 0. The van der Waals surface area contributed by atoms with Crippen LogP contribution in [0, 0.1) is 0 Å². The third-order valence-electron chi connectivity index (χ3n) is 1.71. The summed E-state index contributed by atoms with van der Waals surface area (Å²) in [5, 5.41) is 0. The van der Waals surface area contributed by atoms with E-state index in [4.69, 9.17) is 23.3 Å². The first-order valence-electron chi connectivity index (χ1n) is 4.66. The van der Waals surface area contributed by atoms with E-state index in [1.165, 1.54) is 0 Å². The van der Waals surface area contributed by atoms with Crippen LogP contribution in [0.3, 0.4) is 0 Å². The van der Waals surface area contributed by atoms with Crippen molar-refractivity contribution in [3.05, 3.63) is 42.7 Å². The van der Waals surface area contributed by atoms with E-state index in [1.54, 1.807) is 18.5 Å². The number of pyridine rings is 2. The van der Waals surface area contributed by atoms with E-state index in [1.807, 2.05) is 24.3 Å². The largest absolute Gasteiger partial charge is 2.00 e. The van der Waals surface area contributed by atoms with Gasteiger partial charge in [0, 0.05) is 28.5 Å². The molecule has 0 aliphatic heterocycles. The van der Waals surface area contributed by atoms with E-state index in [0.717, 1.165) is 11.4 Å². The maximum atomic E-state index is 8.52. The molecule has 2 aromatic rings. The molecule has 0 saturated heterocycles. The fourth-order valence-corrected chi connectivity index (χ4v) is 1.10. The van der Waals surface area contributed by atoms with Gasteiger partial charge in [0.15, 0.2) is 0 Å². The summed E-state index contributed by atoms with van der Waals surface area (Å²) in [4.78, 5) is 8.34. The molecule has 0 fully saturated rings. The van der Waals surface area contributed by atoms with E-state index < -0.39 is 10.4 Å². The molecular formula is C10H9FeN3O4S. The quantitative estimate of drug-likeness (QED) is 0.456. The Bertz CT molecular complexity index is 599. The monoisotopic (exact) mass is 323 g/mol. The smallest absolute Gasteiger partial charge is 0.759 e. The Morgan fingerprint density at radius 2 is 1.58 bits per heavy atom. The third kappa shape index (κ3) is 8.25. The molecule has 0 amide bonds. The fourth-order valence-electron chi connectivity index (χ4n) is 1.10. The Kier molecular flexibility index (Phi) is 7.20. The van der Waals surface area contributed by atoms with Crippen molar-refractivity contribution in [3.8, 4) is 11.4 Å². The molecule has 19 heavy (non-hydrogen) atoms. The zero-order chi connectivity index (χ0) is 13.6. The average molecular weight is 323 g/mol.